The predicted molar refractivity (Wildman–Crippen MR) is 102 cm³/mol. The first-order valence-electron chi connectivity index (χ1n) is 9.79. The number of esters is 1. The van der Waals surface area contributed by atoms with E-state index < -0.39 is 36.4 Å². The molecule has 0 unspecified atom stereocenters. The zero-order valence-corrected chi connectivity index (χ0v) is 17.6. The van der Waals surface area contributed by atoms with Gasteiger partial charge in [0, 0.05) is 0 Å². The Bertz CT molecular complexity index is 847. The van der Waals surface area contributed by atoms with Crippen LogP contribution in [0, 0.1) is 0 Å². The molecule has 0 amide bonds. The molecule has 0 radical (unpaired) electrons. The highest BCUT2D eigenvalue weighted by Gasteiger charge is 2.61. The Kier molecular flexibility index (Phi) is 5.52. The highest BCUT2D eigenvalue weighted by Crippen LogP contribution is 2.45. The van der Waals surface area contributed by atoms with Crippen molar-refractivity contribution < 1.29 is 42.7 Å². The molecule has 1 aromatic carbocycles. The summed E-state index contributed by atoms with van der Waals surface area (Å²) in [5, 5.41) is 0. The normalized spacial score (nSPS) is 28.6. The van der Waals surface area contributed by atoms with E-state index in [1.165, 1.54) is 0 Å². The lowest BCUT2D eigenvalue weighted by Gasteiger charge is -2.22. The van der Waals surface area contributed by atoms with Crippen molar-refractivity contribution in [1.82, 2.24) is 0 Å². The predicted octanol–water partition coefficient (Wildman–Crippen LogP) is 2.27. The number of rotatable bonds is 7. The third-order valence-electron chi connectivity index (χ3n) is 5.03. The van der Waals surface area contributed by atoms with Crippen LogP contribution in [0.15, 0.2) is 29.7 Å². The summed E-state index contributed by atoms with van der Waals surface area (Å²) in [6.07, 6.45) is -2.26. The molecule has 164 valence electrons. The largest absolute Gasteiger partial charge is 0.493 e. The standard InChI is InChI=1S/C21H26O9/c1-6-25-19(22)17-14(26-10-11-7-8-12(23-4)13(9-11)24-5)15-16(27-17)18-20(28-15)30-21(2,3)29-18/h7-9,15-16,18,20H,6,10H2,1-5H3/t15-,16+,18-,20-/m1/s1. The number of carbonyl (C=O) groups is 1. The van der Waals surface area contributed by atoms with Crippen LogP contribution in [0.25, 0.3) is 0 Å². The fourth-order valence-electron chi connectivity index (χ4n) is 3.77. The van der Waals surface area contributed by atoms with Crippen LogP contribution in [-0.4, -0.2) is 57.2 Å². The van der Waals surface area contributed by atoms with Gasteiger partial charge in [-0.2, -0.15) is 0 Å². The van der Waals surface area contributed by atoms with Crippen molar-refractivity contribution in [3.05, 3.63) is 35.3 Å². The van der Waals surface area contributed by atoms with Gasteiger partial charge in [0.15, 0.2) is 47.6 Å². The van der Waals surface area contributed by atoms with Gasteiger partial charge >= 0.3 is 5.97 Å². The molecule has 3 aliphatic heterocycles. The number of hydrogen-bond acceptors (Lipinski definition) is 9. The van der Waals surface area contributed by atoms with Gasteiger partial charge in [-0.05, 0) is 38.5 Å². The lowest BCUT2D eigenvalue weighted by Crippen LogP contribution is -2.34. The molecule has 0 spiro atoms. The van der Waals surface area contributed by atoms with Gasteiger partial charge in [0.2, 0.25) is 5.76 Å². The maximum absolute atomic E-state index is 12.5. The Morgan fingerprint density at radius 2 is 1.87 bits per heavy atom. The fourth-order valence-corrected chi connectivity index (χ4v) is 3.77. The Morgan fingerprint density at radius 3 is 2.57 bits per heavy atom. The van der Waals surface area contributed by atoms with Gasteiger partial charge in [-0.1, -0.05) is 6.07 Å². The number of fused-ring (bicyclic) bond motifs is 3. The summed E-state index contributed by atoms with van der Waals surface area (Å²) < 4.78 is 45.3. The quantitative estimate of drug-likeness (QED) is 0.614. The summed E-state index contributed by atoms with van der Waals surface area (Å²) in [6.45, 7) is 5.70. The van der Waals surface area contributed by atoms with E-state index in [2.05, 4.69) is 0 Å². The van der Waals surface area contributed by atoms with Gasteiger partial charge in [0.25, 0.3) is 0 Å². The van der Waals surface area contributed by atoms with Gasteiger partial charge in [-0.25, -0.2) is 4.79 Å². The van der Waals surface area contributed by atoms with Gasteiger partial charge in [-0.3, -0.25) is 0 Å². The second-order valence-electron chi connectivity index (χ2n) is 7.50. The molecule has 3 heterocycles. The summed E-state index contributed by atoms with van der Waals surface area (Å²) in [6, 6.07) is 5.43. The Balaban J connectivity index is 1.54. The molecule has 2 fully saturated rings. The van der Waals surface area contributed by atoms with E-state index in [1.54, 1.807) is 47.1 Å². The number of carbonyl (C=O) groups excluding carboxylic acids is 1. The molecule has 0 bridgehead atoms. The number of benzene rings is 1. The van der Waals surface area contributed by atoms with E-state index in [9.17, 15) is 4.79 Å². The second-order valence-corrected chi connectivity index (χ2v) is 7.50. The van der Waals surface area contributed by atoms with Crippen LogP contribution in [0.2, 0.25) is 0 Å². The van der Waals surface area contributed by atoms with E-state index in [1.807, 2.05) is 6.07 Å². The highest BCUT2D eigenvalue weighted by atomic mass is 16.8. The van der Waals surface area contributed by atoms with Crippen molar-refractivity contribution in [2.75, 3.05) is 20.8 Å². The molecule has 9 nitrogen and oxygen atoms in total. The lowest BCUT2D eigenvalue weighted by atomic mass is 10.1. The SMILES string of the molecule is CCOC(=O)C1=C(OCc2ccc(OC)c(OC)c2)[C@H]2O[C@@H]3OC(C)(C)O[C@@H]3[C@H]2O1. The monoisotopic (exact) mass is 422 g/mol. The topological polar surface area (TPSA) is 90.9 Å². The molecule has 1 aromatic rings. The third kappa shape index (κ3) is 3.68. The van der Waals surface area contributed by atoms with E-state index in [0.29, 0.717) is 11.5 Å². The number of hydrogen-bond donors (Lipinski definition) is 0. The van der Waals surface area contributed by atoms with Crippen molar-refractivity contribution in [1.29, 1.82) is 0 Å². The summed E-state index contributed by atoms with van der Waals surface area (Å²) in [5.74, 6) is 0.0614. The van der Waals surface area contributed by atoms with Crippen molar-refractivity contribution in [3.63, 3.8) is 0 Å². The molecule has 0 N–H and O–H groups in total. The summed E-state index contributed by atoms with van der Waals surface area (Å²) in [7, 11) is 3.13. The van der Waals surface area contributed by atoms with Crippen molar-refractivity contribution in [2.45, 2.75) is 57.8 Å². The molecule has 0 aromatic heterocycles. The molecule has 0 saturated carbocycles. The van der Waals surface area contributed by atoms with Crippen LogP contribution in [0.5, 0.6) is 11.5 Å². The van der Waals surface area contributed by atoms with Crippen LogP contribution < -0.4 is 9.47 Å². The minimum atomic E-state index is -0.795. The number of methoxy groups -OCH3 is 2. The van der Waals surface area contributed by atoms with Crippen molar-refractivity contribution in [3.8, 4) is 11.5 Å². The lowest BCUT2D eigenvalue weighted by molar-refractivity contribution is -0.210. The first-order chi connectivity index (χ1) is 14.4. The zero-order chi connectivity index (χ0) is 21.5. The van der Waals surface area contributed by atoms with E-state index >= 15 is 0 Å². The average molecular weight is 422 g/mol. The number of ether oxygens (including phenoxy) is 8. The summed E-state index contributed by atoms with van der Waals surface area (Å²) in [4.78, 5) is 12.5. The Morgan fingerprint density at radius 1 is 1.10 bits per heavy atom. The smallest absolute Gasteiger partial charge is 0.377 e. The van der Waals surface area contributed by atoms with Gasteiger partial charge in [0.05, 0.1) is 20.8 Å². The molecule has 4 atom stereocenters. The van der Waals surface area contributed by atoms with Gasteiger partial charge in [-0.15, -0.1) is 0 Å². The van der Waals surface area contributed by atoms with E-state index in [4.69, 9.17) is 37.9 Å². The second kappa shape index (κ2) is 7.98. The first-order valence-corrected chi connectivity index (χ1v) is 9.79. The maximum atomic E-state index is 12.5. The minimum Gasteiger partial charge on any atom is -0.493 e. The van der Waals surface area contributed by atoms with Crippen LogP contribution in [0.4, 0.5) is 0 Å². The van der Waals surface area contributed by atoms with Crippen molar-refractivity contribution in [2.24, 2.45) is 0 Å². The van der Waals surface area contributed by atoms with Crippen LogP contribution in [0.1, 0.15) is 26.3 Å². The van der Waals surface area contributed by atoms with E-state index in [0.717, 1.165) is 5.56 Å². The zero-order valence-electron chi connectivity index (χ0n) is 17.6. The Hall–Kier alpha value is -2.49. The molecule has 4 rings (SSSR count). The van der Waals surface area contributed by atoms with Crippen molar-refractivity contribution >= 4 is 5.97 Å². The molecular formula is C21H26O9. The minimum absolute atomic E-state index is 0.000849. The first kappa shape index (κ1) is 20.8. The average Bonchev–Trinajstić information content (AvgIpc) is 3.32. The fraction of sp³-hybridized carbons (Fsp3) is 0.571. The molecule has 30 heavy (non-hydrogen) atoms. The molecule has 0 aliphatic carbocycles. The molecule has 9 heteroatoms. The van der Waals surface area contributed by atoms with Crippen LogP contribution in [-0.2, 0) is 39.8 Å². The third-order valence-corrected chi connectivity index (χ3v) is 5.03. The van der Waals surface area contributed by atoms with E-state index in [-0.39, 0.29) is 24.7 Å². The van der Waals surface area contributed by atoms with Crippen LogP contribution >= 0.6 is 0 Å². The molecular weight excluding hydrogens is 396 g/mol. The molecule has 2 saturated heterocycles. The summed E-state index contributed by atoms with van der Waals surface area (Å²) in [5.41, 5.74) is 0.818. The molecule has 3 aliphatic rings. The van der Waals surface area contributed by atoms with Gasteiger partial charge < -0.3 is 37.9 Å². The van der Waals surface area contributed by atoms with Crippen LogP contribution in [0.3, 0.4) is 0 Å². The highest BCUT2D eigenvalue weighted by molar-refractivity contribution is 5.87. The maximum Gasteiger partial charge on any atom is 0.377 e. The summed E-state index contributed by atoms with van der Waals surface area (Å²) >= 11 is 0. The Labute approximate surface area is 174 Å². The van der Waals surface area contributed by atoms with Gasteiger partial charge in [0.1, 0.15) is 6.61 Å².